The molecule has 1 amide bonds. The molecule has 0 spiro atoms. The molecule has 0 aromatic rings. The molecule has 0 heterocycles. The zero-order valence-corrected chi connectivity index (χ0v) is 12.0. The normalized spacial score (nSPS) is 37.0. The molecule has 0 radical (unpaired) electrons. The Hall–Kier alpha value is -1.06. The lowest BCUT2D eigenvalue weighted by atomic mass is 9.78. The Morgan fingerprint density at radius 2 is 1.60 bits per heavy atom. The smallest absolute Gasteiger partial charge is 0.307 e. The number of hydrogen-bond acceptors (Lipinski definition) is 2. The average molecular weight is 279 g/mol. The second-order valence-corrected chi connectivity index (χ2v) is 6.97. The van der Waals surface area contributed by atoms with E-state index < -0.39 is 11.9 Å². The summed E-state index contributed by atoms with van der Waals surface area (Å²) in [6.07, 6.45) is 9.25. The molecule has 4 nitrogen and oxygen atoms in total. The van der Waals surface area contributed by atoms with E-state index in [0.29, 0.717) is 11.8 Å². The van der Waals surface area contributed by atoms with Crippen molar-refractivity contribution in [2.45, 2.75) is 51.4 Å². The maximum Gasteiger partial charge on any atom is 0.307 e. The Balaban J connectivity index is 1.57. The van der Waals surface area contributed by atoms with E-state index in [-0.39, 0.29) is 17.7 Å². The third-order valence-corrected chi connectivity index (χ3v) is 5.79. The van der Waals surface area contributed by atoms with Crippen molar-refractivity contribution in [1.82, 2.24) is 5.32 Å². The Kier molecular flexibility index (Phi) is 3.99. The van der Waals surface area contributed by atoms with Gasteiger partial charge in [-0.15, -0.1) is 0 Å². The Morgan fingerprint density at radius 3 is 2.25 bits per heavy atom. The molecule has 3 rings (SSSR count). The summed E-state index contributed by atoms with van der Waals surface area (Å²) < 4.78 is 0. The van der Waals surface area contributed by atoms with Crippen LogP contribution in [0.3, 0.4) is 0 Å². The van der Waals surface area contributed by atoms with Crippen LogP contribution in [0.1, 0.15) is 51.4 Å². The first-order valence-electron chi connectivity index (χ1n) is 8.17. The monoisotopic (exact) mass is 279 g/mol. The fourth-order valence-electron chi connectivity index (χ4n) is 4.78. The molecule has 0 aliphatic heterocycles. The van der Waals surface area contributed by atoms with E-state index in [4.69, 9.17) is 0 Å². The van der Waals surface area contributed by atoms with Gasteiger partial charge in [0.25, 0.3) is 0 Å². The van der Waals surface area contributed by atoms with E-state index in [1.54, 1.807) is 0 Å². The number of carbonyl (C=O) groups is 2. The molecule has 0 unspecified atom stereocenters. The van der Waals surface area contributed by atoms with E-state index in [0.717, 1.165) is 25.8 Å². The quantitative estimate of drug-likeness (QED) is 0.830. The molecule has 2 N–H and O–H groups in total. The number of carboxylic acid groups (broad SMARTS) is 1. The van der Waals surface area contributed by atoms with E-state index in [9.17, 15) is 14.7 Å². The lowest BCUT2D eigenvalue weighted by Gasteiger charge is -2.28. The lowest BCUT2D eigenvalue weighted by Crippen LogP contribution is -2.42. The van der Waals surface area contributed by atoms with Gasteiger partial charge in [0.2, 0.25) is 5.91 Å². The van der Waals surface area contributed by atoms with Gasteiger partial charge in [0.15, 0.2) is 0 Å². The second kappa shape index (κ2) is 5.74. The Bertz CT molecular complexity index is 389. The topological polar surface area (TPSA) is 66.4 Å². The van der Waals surface area contributed by atoms with Crippen LogP contribution in [0, 0.1) is 29.6 Å². The van der Waals surface area contributed by atoms with Crippen molar-refractivity contribution in [1.29, 1.82) is 0 Å². The minimum Gasteiger partial charge on any atom is -0.481 e. The van der Waals surface area contributed by atoms with Crippen molar-refractivity contribution in [3.05, 3.63) is 0 Å². The van der Waals surface area contributed by atoms with Crippen LogP contribution in [-0.4, -0.2) is 23.5 Å². The highest BCUT2D eigenvalue weighted by Gasteiger charge is 2.53. The van der Waals surface area contributed by atoms with Gasteiger partial charge < -0.3 is 10.4 Å². The summed E-state index contributed by atoms with van der Waals surface area (Å²) in [5.74, 6) is -0.301. The highest BCUT2D eigenvalue weighted by atomic mass is 16.4. The van der Waals surface area contributed by atoms with Gasteiger partial charge in [-0.3, -0.25) is 9.59 Å². The van der Waals surface area contributed by atoms with E-state index in [1.165, 1.54) is 32.1 Å². The van der Waals surface area contributed by atoms with Crippen molar-refractivity contribution >= 4 is 11.9 Å². The number of carboxylic acids is 1. The summed E-state index contributed by atoms with van der Waals surface area (Å²) >= 11 is 0. The molecule has 0 aromatic carbocycles. The van der Waals surface area contributed by atoms with Crippen LogP contribution in [0.2, 0.25) is 0 Å². The fraction of sp³-hybridized carbons (Fsp3) is 0.875. The van der Waals surface area contributed by atoms with Gasteiger partial charge in [0.1, 0.15) is 0 Å². The van der Waals surface area contributed by atoms with E-state index in [2.05, 4.69) is 5.32 Å². The molecule has 4 heteroatoms. The second-order valence-electron chi connectivity index (χ2n) is 6.97. The Morgan fingerprint density at radius 1 is 0.950 bits per heavy atom. The van der Waals surface area contributed by atoms with Crippen LogP contribution in [0.4, 0.5) is 0 Å². The molecular weight excluding hydrogens is 254 g/mol. The van der Waals surface area contributed by atoms with Gasteiger partial charge >= 0.3 is 5.97 Å². The number of carbonyl (C=O) groups excluding carboxylic acids is 1. The summed E-state index contributed by atoms with van der Waals surface area (Å²) in [6, 6.07) is 0. The highest BCUT2D eigenvalue weighted by molar-refractivity contribution is 5.86. The number of fused-ring (bicyclic) bond motifs is 2. The van der Waals surface area contributed by atoms with Crippen LogP contribution in [0.5, 0.6) is 0 Å². The third-order valence-electron chi connectivity index (χ3n) is 5.79. The summed E-state index contributed by atoms with van der Waals surface area (Å²) in [5.41, 5.74) is 0. The standard InChI is InChI=1S/C16H25NO3/c18-15(17-9-10-4-2-1-3-5-10)13-11-6-7-12(8-11)14(13)16(19)20/h10-14H,1-9H2,(H,17,18)(H,19,20)/t11-,12+,13+,14+/m1/s1. The van der Waals surface area contributed by atoms with E-state index >= 15 is 0 Å². The van der Waals surface area contributed by atoms with Crippen LogP contribution in [-0.2, 0) is 9.59 Å². The molecule has 0 aromatic heterocycles. The minimum absolute atomic E-state index is 0.00942. The van der Waals surface area contributed by atoms with Crippen LogP contribution < -0.4 is 5.32 Å². The predicted molar refractivity (Wildman–Crippen MR) is 75.0 cm³/mol. The zero-order chi connectivity index (χ0) is 14.1. The van der Waals surface area contributed by atoms with Crippen LogP contribution in [0.15, 0.2) is 0 Å². The Labute approximate surface area is 120 Å². The molecular formula is C16H25NO3. The van der Waals surface area contributed by atoms with Crippen molar-refractivity contribution < 1.29 is 14.7 Å². The molecule has 3 aliphatic carbocycles. The molecule has 4 atom stereocenters. The van der Waals surface area contributed by atoms with Gasteiger partial charge in [-0.2, -0.15) is 0 Å². The molecule has 2 bridgehead atoms. The van der Waals surface area contributed by atoms with Gasteiger partial charge in [-0.1, -0.05) is 19.3 Å². The summed E-state index contributed by atoms with van der Waals surface area (Å²) in [7, 11) is 0. The number of nitrogens with one attached hydrogen (secondary N) is 1. The summed E-state index contributed by atoms with van der Waals surface area (Å²) in [4.78, 5) is 23.9. The molecule has 3 fully saturated rings. The van der Waals surface area contributed by atoms with Crippen molar-refractivity contribution in [2.75, 3.05) is 6.54 Å². The van der Waals surface area contributed by atoms with Crippen molar-refractivity contribution in [3.63, 3.8) is 0 Å². The maximum absolute atomic E-state index is 12.4. The zero-order valence-electron chi connectivity index (χ0n) is 12.0. The molecule has 20 heavy (non-hydrogen) atoms. The van der Waals surface area contributed by atoms with Gasteiger partial charge in [-0.05, 0) is 49.9 Å². The molecule has 0 saturated heterocycles. The molecule has 3 aliphatic rings. The number of hydrogen-bond donors (Lipinski definition) is 2. The van der Waals surface area contributed by atoms with Crippen molar-refractivity contribution in [3.8, 4) is 0 Å². The van der Waals surface area contributed by atoms with Gasteiger partial charge in [-0.25, -0.2) is 0 Å². The average Bonchev–Trinajstić information content (AvgIpc) is 3.06. The number of rotatable bonds is 4. The SMILES string of the molecule is O=C(O)[C@H]1[C@H]2CC[C@H](C2)[C@@H]1C(=O)NCC1CCCCC1. The maximum atomic E-state index is 12.4. The number of aliphatic carboxylic acids is 1. The third kappa shape index (κ3) is 2.57. The van der Waals surface area contributed by atoms with Crippen molar-refractivity contribution in [2.24, 2.45) is 29.6 Å². The van der Waals surface area contributed by atoms with Gasteiger partial charge in [0.05, 0.1) is 11.8 Å². The first-order valence-corrected chi connectivity index (χ1v) is 8.17. The van der Waals surface area contributed by atoms with Gasteiger partial charge in [0, 0.05) is 6.54 Å². The molecule has 3 saturated carbocycles. The lowest BCUT2D eigenvalue weighted by molar-refractivity contribution is -0.149. The first kappa shape index (κ1) is 13.9. The minimum atomic E-state index is -0.769. The fourth-order valence-corrected chi connectivity index (χ4v) is 4.78. The summed E-state index contributed by atoms with van der Waals surface area (Å²) in [6.45, 7) is 0.749. The predicted octanol–water partition coefficient (Wildman–Crippen LogP) is 2.43. The molecule has 112 valence electrons. The first-order chi connectivity index (χ1) is 9.66. The largest absolute Gasteiger partial charge is 0.481 e. The summed E-state index contributed by atoms with van der Waals surface area (Å²) in [5, 5.41) is 12.5. The van der Waals surface area contributed by atoms with Crippen LogP contribution in [0.25, 0.3) is 0 Å². The highest BCUT2D eigenvalue weighted by Crippen LogP contribution is 2.52. The number of amides is 1. The van der Waals surface area contributed by atoms with Crippen LogP contribution >= 0.6 is 0 Å². The van der Waals surface area contributed by atoms with E-state index in [1.807, 2.05) is 0 Å².